The van der Waals surface area contributed by atoms with E-state index in [-0.39, 0.29) is 11.6 Å². The molecule has 2 aromatic carbocycles. The van der Waals surface area contributed by atoms with Crippen molar-refractivity contribution < 1.29 is 0 Å². The van der Waals surface area contributed by atoms with Gasteiger partial charge in [0.05, 0.1) is 0 Å². The van der Waals surface area contributed by atoms with E-state index in [9.17, 15) is 10.1 Å². The molecular weight excluding hydrogens is 284 g/mol. The second-order valence-electron chi connectivity index (χ2n) is 6.02. The molecule has 0 atom stereocenters. The summed E-state index contributed by atoms with van der Waals surface area (Å²) in [6.45, 7) is 5.88. The van der Waals surface area contributed by atoms with E-state index < -0.39 is 0 Å². The van der Waals surface area contributed by atoms with Crippen LogP contribution in [0.4, 0.5) is 0 Å². The van der Waals surface area contributed by atoms with E-state index in [0.29, 0.717) is 11.1 Å². The quantitative estimate of drug-likeness (QED) is 0.703. The summed E-state index contributed by atoms with van der Waals surface area (Å²) in [5.41, 5.74) is 3.24. The molecule has 23 heavy (non-hydrogen) atoms. The van der Waals surface area contributed by atoms with Crippen molar-refractivity contribution in [3.63, 3.8) is 0 Å². The molecule has 3 nitrogen and oxygen atoms in total. The van der Waals surface area contributed by atoms with Crippen LogP contribution in [0.2, 0.25) is 0 Å². The molecular formula is C20H18N2O. The van der Waals surface area contributed by atoms with Crippen LogP contribution < -0.4 is 5.56 Å². The first-order chi connectivity index (χ1) is 11.0. The third kappa shape index (κ3) is 2.43. The van der Waals surface area contributed by atoms with Gasteiger partial charge in [0.15, 0.2) is 0 Å². The van der Waals surface area contributed by atoms with Gasteiger partial charge in [-0.05, 0) is 37.8 Å². The van der Waals surface area contributed by atoms with Crippen molar-refractivity contribution in [2.75, 3.05) is 0 Å². The van der Waals surface area contributed by atoms with Crippen LogP contribution in [0, 0.1) is 18.3 Å². The zero-order valence-electron chi connectivity index (χ0n) is 13.5. The van der Waals surface area contributed by atoms with Crippen molar-refractivity contribution in [3.05, 3.63) is 70.1 Å². The lowest BCUT2D eigenvalue weighted by Gasteiger charge is -2.18. The number of nitriles is 1. The average molecular weight is 302 g/mol. The van der Waals surface area contributed by atoms with Gasteiger partial charge in [0.1, 0.15) is 11.8 Å². The number of hydrogen-bond acceptors (Lipinski definition) is 2. The molecule has 0 N–H and O–H groups in total. The monoisotopic (exact) mass is 302 g/mol. The molecule has 3 aromatic rings. The first-order valence-electron chi connectivity index (χ1n) is 7.69. The first kappa shape index (κ1) is 15.1. The van der Waals surface area contributed by atoms with Gasteiger partial charge in [-0.2, -0.15) is 5.26 Å². The fraction of sp³-hybridized carbons (Fsp3) is 0.200. The van der Waals surface area contributed by atoms with E-state index in [0.717, 1.165) is 22.1 Å². The lowest BCUT2D eigenvalue weighted by molar-refractivity contribution is 0.577. The maximum Gasteiger partial charge on any atom is 0.259 e. The standard InChI is InChI=1S/C20H18N2O/c1-13(2)22-18(12-21)19(15-8-6-7-14(3)11-15)16-9-4-5-10-17(16)20(22)23/h4-11,13H,1-3H3. The van der Waals surface area contributed by atoms with Crippen molar-refractivity contribution in [2.45, 2.75) is 26.8 Å². The molecule has 0 aliphatic carbocycles. The third-order valence-corrected chi connectivity index (χ3v) is 4.05. The fourth-order valence-corrected chi connectivity index (χ4v) is 3.06. The molecule has 1 heterocycles. The highest BCUT2D eigenvalue weighted by Gasteiger charge is 2.19. The van der Waals surface area contributed by atoms with Crippen molar-refractivity contribution in [1.82, 2.24) is 4.57 Å². The molecule has 0 fully saturated rings. The number of aryl methyl sites for hydroxylation is 1. The highest BCUT2D eigenvalue weighted by molar-refractivity contribution is 5.98. The summed E-state index contributed by atoms with van der Waals surface area (Å²) in [6.07, 6.45) is 0. The summed E-state index contributed by atoms with van der Waals surface area (Å²) in [6, 6.07) is 17.7. The number of fused-ring (bicyclic) bond motifs is 1. The molecule has 3 rings (SSSR count). The van der Waals surface area contributed by atoms with Crippen molar-refractivity contribution in [1.29, 1.82) is 5.26 Å². The number of pyridine rings is 1. The van der Waals surface area contributed by atoms with Crippen LogP contribution in [-0.2, 0) is 0 Å². The van der Waals surface area contributed by atoms with Gasteiger partial charge in [-0.25, -0.2) is 0 Å². The summed E-state index contributed by atoms with van der Waals surface area (Å²) in [5.74, 6) is 0. The molecule has 114 valence electrons. The van der Waals surface area contributed by atoms with E-state index in [1.807, 2.05) is 63.2 Å². The SMILES string of the molecule is Cc1cccc(-c2c(C#N)n(C(C)C)c(=O)c3ccccc23)c1. The Balaban J connectivity index is 2.57. The molecule has 0 saturated carbocycles. The minimum atomic E-state index is -0.108. The summed E-state index contributed by atoms with van der Waals surface area (Å²) in [7, 11) is 0. The molecule has 0 aliphatic heterocycles. The number of benzene rings is 2. The smallest absolute Gasteiger partial charge is 0.259 e. The van der Waals surface area contributed by atoms with Gasteiger partial charge in [0.2, 0.25) is 0 Å². The predicted molar refractivity (Wildman–Crippen MR) is 93.5 cm³/mol. The van der Waals surface area contributed by atoms with Gasteiger partial charge < -0.3 is 0 Å². The van der Waals surface area contributed by atoms with Crippen LogP contribution >= 0.6 is 0 Å². The Morgan fingerprint density at radius 2 is 1.74 bits per heavy atom. The third-order valence-electron chi connectivity index (χ3n) is 4.05. The normalized spacial score (nSPS) is 10.9. The zero-order valence-corrected chi connectivity index (χ0v) is 13.5. The van der Waals surface area contributed by atoms with Crippen LogP contribution in [0.15, 0.2) is 53.3 Å². The highest BCUT2D eigenvalue weighted by Crippen LogP contribution is 2.31. The van der Waals surface area contributed by atoms with Gasteiger partial charge in [-0.15, -0.1) is 0 Å². The summed E-state index contributed by atoms with van der Waals surface area (Å²) in [4.78, 5) is 12.8. The van der Waals surface area contributed by atoms with Crippen molar-refractivity contribution >= 4 is 10.8 Å². The van der Waals surface area contributed by atoms with Crippen molar-refractivity contribution in [3.8, 4) is 17.2 Å². The van der Waals surface area contributed by atoms with Gasteiger partial charge >= 0.3 is 0 Å². The first-order valence-corrected chi connectivity index (χ1v) is 7.69. The molecule has 0 aliphatic rings. The molecule has 0 radical (unpaired) electrons. The Kier molecular flexibility index (Phi) is 3.75. The number of hydrogen-bond donors (Lipinski definition) is 0. The van der Waals surface area contributed by atoms with Gasteiger partial charge in [-0.3, -0.25) is 9.36 Å². The Morgan fingerprint density at radius 1 is 1.04 bits per heavy atom. The Labute approximate surface area is 135 Å². The second kappa shape index (κ2) is 5.73. The molecule has 1 aromatic heterocycles. The minimum Gasteiger partial charge on any atom is -0.296 e. The van der Waals surface area contributed by atoms with E-state index >= 15 is 0 Å². The molecule has 0 unspecified atom stereocenters. The Bertz CT molecular complexity index is 991. The molecule has 0 saturated heterocycles. The number of aromatic nitrogens is 1. The maximum absolute atomic E-state index is 12.8. The lowest BCUT2D eigenvalue weighted by Crippen LogP contribution is -2.25. The highest BCUT2D eigenvalue weighted by atomic mass is 16.1. The fourth-order valence-electron chi connectivity index (χ4n) is 3.06. The summed E-state index contributed by atoms with van der Waals surface area (Å²) >= 11 is 0. The zero-order chi connectivity index (χ0) is 16.6. The molecule has 3 heteroatoms. The van der Waals surface area contributed by atoms with Gasteiger partial charge in [-0.1, -0.05) is 48.0 Å². The van der Waals surface area contributed by atoms with Crippen LogP contribution in [0.3, 0.4) is 0 Å². The van der Waals surface area contributed by atoms with E-state index in [2.05, 4.69) is 12.1 Å². The lowest BCUT2D eigenvalue weighted by atomic mass is 9.95. The van der Waals surface area contributed by atoms with Crippen LogP contribution in [0.1, 0.15) is 31.1 Å². The van der Waals surface area contributed by atoms with E-state index in [1.54, 1.807) is 4.57 Å². The molecule has 0 amide bonds. The van der Waals surface area contributed by atoms with Gasteiger partial charge in [0.25, 0.3) is 5.56 Å². The molecule has 0 spiro atoms. The summed E-state index contributed by atoms with van der Waals surface area (Å²) in [5, 5.41) is 11.2. The maximum atomic E-state index is 12.8. The second-order valence-corrected chi connectivity index (χ2v) is 6.02. The van der Waals surface area contributed by atoms with Crippen LogP contribution in [0.5, 0.6) is 0 Å². The minimum absolute atomic E-state index is 0.0784. The van der Waals surface area contributed by atoms with Gasteiger partial charge in [0, 0.05) is 17.0 Å². The predicted octanol–water partition coefficient (Wildman–Crippen LogP) is 4.43. The number of rotatable bonds is 2. The van der Waals surface area contributed by atoms with E-state index in [1.165, 1.54) is 0 Å². The molecule has 0 bridgehead atoms. The number of nitrogens with zero attached hydrogens (tertiary/aromatic N) is 2. The largest absolute Gasteiger partial charge is 0.296 e. The van der Waals surface area contributed by atoms with E-state index in [4.69, 9.17) is 0 Å². The van der Waals surface area contributed by atoms with Crippen LogP contribution in [-0.4, -0.2) is 4.57 Å². The Morgan fingerprint density at radius 3 is 2.35 bits per heavy atom. The summed E-state index contributed by atoms with van der Waals surface area (Å²) < 4.78 is 1.60. The topological polar surface area (TPSA) is 45.8 Å². The van der Waals surface area contributed by atoms with Crippen LogP contribution in [0.25, 0.3) is 21.9 Å². The Hall–Kier alpha value is -2.86. The van der Waals surface area contributed by atoms with Crippen molar-refractivity contribution in [2.24, 2.45) is 0 Å². The average Bonchev–Trinajstić information content (AvgIpc) is 2.54.